The molecule has 0 heterocycles. The topological polar surface area (TPSA) is 86.7 Å². The first kappa shape index (κ1) is 16.9. The van der Waals surface area contributed by atoms with Gasteiger partial charge in [-0.1, -0.05) is 6.92 Å². The van der Waals surface area contributed by atoms with Gasteiger partial charge < -0.3 is 15.3 Å². The molecular formula is C11H22N2O4S. The molecule has 0 aromatic rings. The summed E-state index contributed by atoms with van der Waals surface area (Å²) in [5.41, 5.74) is 0. The first-order valence-electron chi connectivity index (χ1n) is 5.94. The summed E-state index contributed by atoms with van der Waals surface area (Å²) >= 11 is 0. The van der Waals surface area contributed by atoms with E-state index in [0.717, 1.165) is 0 Å². The van der Waals surface area contributed by atoms with Crippen molar-refractivity contribution in [1.82, 2.24) is 10.2 Å². The highest BCUT2D eigenvalue weighted by Crippen LogP contribution is 2.00. The molecule has 2 amide bonds. The number of carboxylic acid groups (broad SMARTS) is 1. The van der Waals surface area contributed by atoms with Crippen molar-refractivity contribution in [3.63, 3.8) is 0 Å². The van der Waals surface area contributed by atoms with Crippen molar-refractivity contribution in [3.05, 3.63) is 0 Å². The van der Waals surface area contributed by atoms with Crippen LogP contribution in [0.5, 0.6) is 0 Å². The molecule has 0 bridgehead atoms. The molecular weight excluding hydrogens is 256 g/mol. The van der Waals surface area contributed by atoms with Crippen LogP contribution in [0.3, 0.4) is 0 Å². The van der Waals surface area contributed by atoms with Crippen LogP contribution in [0.2, 0.25) is 0 Å². The number of carbonyl (C=O) groups is 2. The Hall–Kier alpha value is -1.11. The minimum atomic E-state index is -0.914. The highest BCUT2D eigenvalue weighted by Gasteiger charge is 2.18. The standard InChI is InChI=1S/C11H22N2O4S/c1-4-13(8-9(2)10(14)15)11(16)12-6-5-7-18(3)17/h9H,4-8H2,1-3H3,(H,12,16)(H,14,15). The van der Waals surface area contributed by atoms with E-state index < -0.39 is 22.7 Å². The number of aliphatic carboxylic acids is 1. The van der Waals surface area contributed by atoms with Crippen molar-refractivity contribution in [2.45, 2.75) is 20.3 Å². The summed E-state index contributed by atoms with van der Waals surface area (Å²) < 4.78 is 10.8. The third-order valence-corrected chi connectivity index (χ3v) is 3.33. The van der Waals surface area contributed by atoms with Crippen LogP contribution in [0.1, 0.15) is 20.3 Å². The van der Waals surface area contributed by atoms with Gasteiger partial charge in [-0.05, 0) is 13.3 Å². The monoisotopic (exact) mass is 278 g/mol. The summed E-state index contributed by atoms with van der Waals surface area (Å²) in [7, 11) is -0.851. The van der Waals surface area contributed by atoms with Crippen LogP contribution in [0.25, 0.3) is 0 Å². The molecule has 0 saturated heterocycles. The molecule has 0 fully saturated rings. The number of nitrogens with zero attached hydrogens (tertiary/aromatic N) is 1. The van der Waals surface area contributed by atoms with E-state index in [1.165, 1.54) is 4.90 Å². The third kappa shape index (κ3) is 7.26. The lowest BCUT2D eigenvalue weighted by atomic mass is 10.2. The van der Waals surface area contributed by atoms with Gasteiger partial charge in [-0.25, -0.2) is 4.79 Å². The summed E-state index contributed by atoms with van der Waals surface area (Å²) in [5.74, 6) is -0.945. The van der Waals surface area contributed by atoms with E-state index in [1.54, 1.807) is 20.1 Å². The maximum Gasteiger partial charge on any atom is 0.317 e. The SMILES string of the molecule is CCN(CC(C)C(=O)O)C(=O)NCCCS(C)=O. The highest BCUT2D eigenvalue weighted by molar-refractivity contribution is 7.84. The van der Waals surface area contributed by atoms with Gasteiger partial charge in [0, 0.05) is 42.4 Å². The Kier molecular flexibility index (Phi) is 8.36. The van der Waals surface area contributed by atoms with E-state index in [2.05, 4.69) is 5.32 Å². The molecule has 2 atom stereocenters. The summed E-state index contributed by atoms with van der Waals surface area (Å²) in [6, 6.07) is -0.271. The quantitative estimate of drug-likeness (QED) is 0.633. The molecule has 0 saturated carbocycles. The van der Waals surface area contributed by atoms with Gasteiger partial charge in [-0.3, -0.25) is 9.00 Å². The Labute approximate surface area is 110 Å². The summed E-state index contributed by atoms with van der Waals surface area (Å²) in [6.45, 7) is 4.48. The molecule has 0 rings (SSSR count). The average molecular weight is 278 g/mol. The summed E-state index contributed by atoms with van der Waals surface area (Å²) in [5, 5.41) is 11.5. The van der Waals surface area contributed by atoms with Crippen LogP contribution in [0, 0.1) is 5.92 Å². The van der Waals surface area contributed by atoms with E-state index in [0.29, 0.717) is 25.3 Å². The number of nitrogens with one attached hydrogen (secondary N) is 1. The Morgan fingerprint density at radius 1 is 1.44 bits per heavy atom. The van der Waals surface area contributed by atoms with Crippen molar-refractivity contribution >= 4 is 22.8 Å². The first-order valence-corrected chi connectivity index (χ1v) is 7.66. The largest absolute Gasteiger partial charge is 0.481 e. The smallest absolute Gasteiger partial charge is 0.317 e. The van der Waals surface area contributed by atoms with E-state index in [1.807, 2.05) is 0 Å². The Bertz CT molecular complexity index is 309. The molecule has 0 aromatic heterocycles. The second-order valence-electron chi connectivity index (χ2n) is 4.14. The predicted molar refractivity (Wildman–Crippen MR) is 71.0 cm³/mol. The zero-order chi connectivity index (χ0) is 14.1. The molecule has 0 aliphatic heterocycles. The number of amides is 2. The summed E-state index contributed by atoms with van der Waals surface area (Å²) in [6.07, 6.45) is 2.27. The van der Waals surface area contributed by atoms with Crippen LogP contribution in [-0.2, 0) is 15.6 Å². The molecule has 2 unspecified atom stereocenters. The Morgan fingerprint density at radius 2 is 2.06 bits per heavy atom. The fraction of sp³-hybridized carbons (Fsp3) is 0.818. The van der Waals surface area contributed by atoms with Gasteiger partial charge in [0.05, 0.1) is 5.92 Å². The van der Waals surface area contributed by atoms with Gasteiger partial charge in [0.2, 0.25) is 0 Å². The fourth-order valence-electron chi connectivity index (χ4n) is 1.35. The van der Waals surface area contributed by atoms with E-state index in [4.69, 9.17) is 5.11 Å². The van der Waals surface area contributed by atoms with Crippen molar-refractivity contribution in [2.24, 2.45) is 5.92 Å². The number of urea groups is 1. The molecule has 0 aliphatic carbocycles. The van der Waals surface area contributed by atoms with Crippen molar-refractivity contribution < 1.29 is 18.9 Å². The Balaban J connectivity index is 4.03. The highest BCUT2D eigenvalue weighted by atomic mass is 32.2. The van der Waals surface area contributed by atoms with Crippen LogP contribution in [-0.4, -0.2) is 57.9 Å². The van der Waals surface area contributed by atoms with Gasteiger partial charge in [0.1, 0.15) is 0 Å². The maximum atomic E-state index is 11.7. The molecule has 0 radical (unpaired) electrons. The number of hydrogen-bond donors (Lipinski definition) is 2. The molecule has 7 heteroatoms. The normalized spacial score (nSPS) is 13.7. The molecule has 6 nitrogen and oxygen atoms in total. The minimum Gasteiger partial charge on any atom is -0.481 e. The average Bonchev–Trinajstić information content (AvgIpc) is 2.30. The fourth-order valence-corrected chi connectivity index (χ4v) is 1.90. The Morgan fingerprint density at radius 3 is 2.50 bits per heavy atom. The molecule has 2 N–H and O–H groups in total. The van der Waals surface area contributed by atoms with Crippen LogP contribution in [0.15, 0.2) is 0 Å². The number of carbonyl (C=O) groups excluding carboxylic acids is 1. The second-order valence-corrected chi connectivity index (χ2v) is 5.70. The molecule has 0 aliphatic rings. The van der Waals surface area contributed by atoms with Crippen molar-refractivity contribution in [1.29, 1.82) is 0 Å². The van der Waals surface area contributed by atoms with Crippen molar-refractivity contribution in [3.8, 4) is 0 Å². The second kappa shape index (κ2) is 8.91. The zero-order valence-electron chi connectivity index (χ0n) is 11.1. The van der Waals surface area contributed by atoms with E-state index >= 15 is 0 Å². The summed E-state index contributed by atoms with van der Waals surface area (Å²) in [4.78, 5) is 23.9. The number of carboxylic acids is 1. The van der Waals surface area contributed by atoms with E-state index in [-0.39, 0.29) is 12.6 Å². The first-order chi connectivity index (χ1) is 8.38. The van der Waals surface area contributed by atoms with Crippen molar-refractivity contribution in [2.75, 3.05) is 31.6 Å². The van der Waals surface area contributed by atoms with Gasteiger partial charge in [0.15, 0.2) is 0 Å². The lowest BCUT2D eigenvalue weighted by Crippen LogP contribution is -2.43. The zero-order valence-corrected chi connectivity index (χ0v) is 12.0. The number of hydrogen-bond acceptors (Lipinski definition) is 3. The molecule has 0 aromatic carbocycles. The van der Waals surface area contributed by atoms with Crippen LogP contribution < -0.4 is 5.32 Å². The van der Waals surface area contributed by atoms with Gasteiger partial charge in [0.25, 0.3) is 0 Å². The third-order valence-electron chi connectivity index (χ3n) is 2.47. The molecule has 18 heavy (non-hydrogen) atoms. The minimum absolute atomic E-state index is 0.192. The van der Waals surface area contributed by atoms with E-state index in [9.17, 15) is 13.8 Å². The maximum absolute atomic E-state index is 11.7. The molecule has 0 spiro atoms. The lowest BCUT2D eigenvalue weighted by molar-refractivity contribution is -0.141. The number of rotatable bonds is 8. The molecule has 106 valence electrons. The van der Waals surface area contributed by atoms with Crippen LogP contribution >= 0.6 is 0 Å². The van der Waals surface area contributed by atoms with Gasteiger partial charge in [-0.15, -0.1) is 0 Å². The van der Waals surface area contributed by atoms with Gasteiger partial charge in [-0.2, -0.15) is 0 Å². The predicted octanol–water partition coefficient (Wildman–Crippen LogP) is 0.507. The lowest BCUT2D eigenvalue weighted by Gasteiger charge is -2.23. The van der Waals surface area contributed by atoms with Gasteiger partial charge >= 0.3 is 12.0 Å². The van der Waals surface area contributed by atoms with Crippen LogP contribution in [0.4, 0.5) is 4.79 Å².